The molecule has 0 radical (unpaired) electrons. The summed E-state index contributed by atoms with van der Waals surface area (Å²) in [6, 6.07) is 4.91. The molecule has 0 spiro atoms. The van der Waals surface area contributed by atoms with E-state index in [0.717, 1.165) is 29.5 Å². The molecule has 1 aromatic heterocycles. The van der Waals surface area contributed by atoms with Gasteiger partial charge in [0.1, 0.15) is 17.2 Å². The Morgan fingerprint density at radius 1 is 1.17 bits per heavy atom. The van der Waals surface area contributed by atoms with Gasteiger partial charge in [-0.3, -0.25) is 24.3 Å². The number of imide groups is 1. The molecule has 1 fully saturated rings. The molecule has 10 nitrogen and oxygen atoms in total. The van der Waals surface area contributed by atoms with Gasteiger partial charge < -0.3 is 20.7 Å². The van der Waals surface area contributed by atoms with E-state index in [1.54, 1.807) is 4.90 Å². The number of hydrogen-bond donors (Lipinski definition) is 3. The minimum Gasteiger partial charge on any atom is -0.444 e. The van der Waals surface area contributed by atoms with E-state index < -0.39 is 28.8 Å². The zero-order valence-electron chi connectivity index (χ0n) is 19.8. The van der Waals surface area contributed by atoms with Crippen molar-refractivity contribution in [2.24, 2.45) is 5.92 Å². The molecule has 2 aliphatic rings. The van der Waals surface area contributed by atoms with Gasteiger partial charge in [-0.05, 0) is 51.7 Å². The van der Waals surface area contributed by atoms with Gasteiger partial charge in [-0.2, -0.15) is 0 Å². The van der Waals surface area contributed by atoms with E-state index in [-0.39, 0.29) is 34.6 Å². The third-order valence-electron chi connectivity index (χ3n) is 6.00. The highest BCUT2D eigenvalue weighted by Crippen LogP contribution is 2.28. The van der Waals surface area contributed by atoms with E-state index in [1.807, 2.05) is 20.8 Å². The van der Waals surface area contributed by atoms with Gasteiger partial charge in [0.25, 0.3) is 17.4 Å². The van der Waals surface area contributed by atoms with E-state index in [0.29, 0.717) is 25.3 Å². The van der Waals surface area contributed by atoms with Crippen LogP contribution >= 0.6 is 0 Å². The second kappa shape index (κ2) is 9.05. The van der Waals surface area contributed by atoms with Crippen LogP contribution in [-0.2, 0) is 4.74 Å². The SMILES string of the molecule is CC(C)(C)OC(=O)N1CCC(CNc2ccc(F)cc2-n2c(N)c3c(cc2=O)C(=O)NC3=O)CC1. The number of ether oxygens (including phenoxy) is 1. The minimum absolute atomic E-state index is 0.101. The van der Waals surface area contributed by atoms with Crippen LogP contribution in [0.3, 0.4) is 0 Å². The third kappa shape index (κ3) is 4.98. The fraction of sp³-hybridized carbons (Fsp3) is 0.417. The van der Waals surface area contributed by atoms with Gasteiger partial charge in [-0.15, -0.1) is 0 Å². The summed E-state index contributed by atoms with van der Waals surface area (Å²) in [5.41, 5.74) is 5.26. The summed E-state index contributed by atoms with van der Waals surface area (Å²) in [6.45, 7) is 7.09. The number of pyridine rings is 1. The monoisotopic (exact) mass is 485 g/mol. The predicted octanol–water partition coefficient (Wildman–Crippen LogP) is 2.50. The van der Waals surface area contributed by atoms with Crippen molar-refractivity contribution >= 4 is 29.4 Å². The summed E-state index contributed by atoms with van der Waals surface area (Å²) >= 11 is 0. The van der Waals surface area contributed by atoms with E-state index in [1.165, 1.54) is 12.1 Å². The first kappa shape index (κ1) is 24.2. The molecular weight excluding hydrogens is 457 g/mol. The number of nitrogens with two attached hydrogens (primary N) is 1. The first-order chi connectivity index (χ1) is 16.4. The van der Waals surface area contributed by atoms with Crippen molar-refractivity contribution in [3.8, 4) is 5.69 Å². The number of rotatable bonds is 4. The lowest BCUT2D eigenvalue weighted by Gasteiger charge is -2.33. The first-order valence-corrected chi connectivity index (χ1v) is 11.4. The van der Waals surface area contributed by atoms with Crippen LogP contribution in [0.25, 0.3) is 5.69 Å². The summed E-state index contributed by atoms with van der Waals surface area (Å²) in [5, 5.41) is 5.36. The molecule has 11 heteroatoms. The number of nitrogens with zero attached hydrogens (tertiary/aromatic N) is 2. The molecule has 0 saturated carbocycles. The van der Waals surface area contributed by atoms with Crippen molar-refractivity contribution in [2.75, 3.05) is 30.7 Å². The van der Waals surface area contributed by atoms with Gasteiger partial charge in [-0.1, -0.05) is 0 Å². The first-order valence-electron chi connectivity index (χ1n) is 11.4. The Morgan fingerprint density at radius 2 is 1.86 bits per heavy atom. The number of anilines is 2. The quantitative estimate of drug-likeness (QED) is 0.566. The maximum Gasteiger partial charge on any atom is 0.410 e. The molecule has 1 saturated heterocycles. The maximum atomic E-state index is 14.2. The Morgan fingerprint density at radius 3 is 2.51 bits per heavy atom. The maximum absolute atomic E-state index is 14.2. The lowest BCUT2D eigenvalue weighted by molar-refractivity contribution is 0.0188. The standard InChI is InChI=1S/C24H28FN5O5/c1-24(2,3)35-23(34)29-8-6-13(7-9-29)12-27-16-5-4-14(25)10-17(16)30-18(31)11-15-19(20(30)26)22(33)28-21(15)32/h4-5,10-11,13,27H,6-9,12,26H2,1-3H3,(H,28,32,33). The number of nitrogen functional groups attached to an aromatic ring is 1. The Bertz CT molecular complexity index is 1260. The van der Waals surface area contributed by atoms with Gasteiger partial charge in [0, 0.05) is 31.8 Å². The zero-order chi connectivity index (χ0) is 25.5. The number of carbonyl (C=O) groups is 3. The molecule has 0 bridgehead atoms. The number of hydrogen-bond acceptors (Lipinski definition) is 7. The van der Waals surface area contributed by atoms with Crippen LogP contribution in [0.4, 0.5) is 20.7 Å². The number of likely N-dealkylation sites (tertiary alicyclic amines) is 1. The number of benzene rings is 1. The van der Waals surface area contributed by atoms with Gasteiger partial charge in [0.15, 0.2) is 0 Å². The molecule has 3 amide bonds. The van der Waals surface area contributed by atoms with Crippen molar-refractivity contribution in [2.45, 2.75) is 39.2 Å². The largest absolute Gasteiger partial charge is 0.444 e. The third-order valence-corrected chi connectivity index (χ3v) is 6.00. The van der Waals surface area contributed by atoms with Gasteiger partial charge >= 0.3 is 6.09 Å². The number of aromatic nitrogens is 1. The van der Waals surface area contributed by atoms with Crippen LogP contribution in [0.2, 0.25) is 0 Å². The van der Waals surface area contributed by atoms with Crippen LogP contribution in [0.5, 0.6) is 0 Å². The highest BCUT2D eigenvalue weighted by Gasteiger charge is 2.32. The smallest absolute Gasteiger partial charge is 0.410 e. The Kier molecular flexibility index (Phi) is 6.27. The van der Waals surface area contributed by atoms with Crippen LogP contribution in [-0.4, -0.2) is 52.6 Å². The summed E-state index contributed by atoms with van der Waals surface area (Å²) in [4.78, 5) is 50.9. The second-order valence-electron chi connectivity index (χ2n) is 9.73. The number of carbonyl (C=O) groups excluding carboxylic acids is 3. The minimum atomic E-state index is -0.709. The number of amides is 3. The number of fused-ring (bicyclic) bond motifs is 1. The van der Waals surface area contributed by atoms with Crippen LogP contribution < -0.4 is 21.9 Å². The Hall–Kier alpha value is -3.89. The molecule has 186 valence electrons. The van der Waals surface area contributed by atoms with Crippen LogP contribution in [0, 0.1) is 11.7 Å². The van der Waals surface area contributed by atoms with Crippen molar-refractivity contribution in [3.63, 3.8) is 0 Å². The van der Waals surface area contributed by atoms with Crippen molar-refractivity contribution in [3.05, 3.63) is 51.6 Å². The fourth-order valence-corrected chi connectivity index (χ4v) is 4.27. The molecule has 35 heavy (non-hydrogen) atoms. The van der Waals surface area contributed by atoms with Crippen molar-refractivity contribution < 1.29 is 23.5 Å². The lowest BCUT2D eigenvalue weighted by atomic mass is 9.97. The molecule has 3 heterocycles. The number of nitrogens with one attached hydrogen (secondary N) is 2. The normalized spacial score (nSPS) is 16.2. The molecule has 1 aromatic carbocycles. The van der Waals surface area contributed by atoms with E-state index in [4.69, 9.17) is 10.5 Å². The Balaban J connectivity index is 1.52. The van der Waals surface area contributed by atoms with Crippen molar-refractivity contribution in [1.82, 2.24) is 14.8 Å². The molecule has 4 rings (SSSR count). The van der Waals surface area contributed by atoms with Gasteiger partial charge in [0.05, 0.1) is 22.5 Å². The Labute approximate surface area is 201 Å². The van der Waals surface area contributed by atoms with Crippen LogP contribution in [0.1, 0.15) is 54.3 Å². The van der Waals surface area contributed by atoms with Crippen molar-refractivity contribution in [1.29, 1.82) is 0 Å². The average molecular weight is 486 g/mol. The molecule has 4 N–H and O–H groups in total. The number of piperidine rings is 1. The average Bonchev–Trinajstić information content (AvgIpc) is 3.05. The molecule has 0 atom stereocenters. The summed E-state index contributed by atoms with van der Waals surface area (Å²) in [6.07, 6.45) is 1.15. The second-order valence-corrected chi connectivity index (χ2v) is 9.73. The lowest BCUT2D eigenvalue weighted by Crippen LogP contribution is -2.42. The summed E-state index contributed by atoms with van der Waals surface area (Å²) < 4.78 is 20.6. The number of halogens is 1. The predicted molar refractivity (Wildman–Crippen MR) is 127 cm³/mol. The summed E-state index contributed by atoms with van der Waals surface area (Å²) in [5.74, 6) is -2.02. The topological polar surface area (TPSA) is 136 Å². The van der Waals surface area contributed by atoms with E-state index in [2.05, 4.69) is 10.6 Å². The molecule has 0 unspecified atom stereocenters. The van der Waals surface area contributed by atoms with E-state index >= 15 is 0 Å². The van der Waals surface area contributed by atoms with Gasteiger partial charge in [0.2, 0.25) is 0 Å². The summed E-state index contributed by atoms with van der Waals surface area (Å²) in [7, 11) is 0. The zero-order valence-corrected chi connectivity index (χ0v) is 19.8. The fourth-order valence-electron chi connectivity index (χ4n) is 4.27. The van der Waals surface area contributed by atoms with E-state index in [9.17, 15) is 23.6 Å². The molecule has 0 aliphatic carbocycles. The van der Waals surface area contributed by atoms with Crippen LogP contribution in [0.15, 0.2) is 29.1 Å². The highest BCUT2D eigenvalue weighted by atomic mass is 19.1. The molecular formula is C24H28FN5O5. The highest BCUT2D eigenvalue weighted by molar-refractivity contribution is 6.23. The molecule has 2 aromatic rings. The van der Waals surface area contributed by atoms with Gasteiger partial charge in [-0.25, -0.2) is 9.18 Å². The molecule has 2 aliphatic heterocycles.